The molecule has 0 bridgehead atoms. The predicted molar refractivity (Wildman–Crippen MR) is 79.1 cm³/mol. The van der Waals surface area contributed by atoms with Gasteiger partial charge in [-0.25, -0.2) is 4.98 Å². The van der Waals surface area contributed by atoms with Gasteiger partial charge in [-0.2, -0.15) is 0 Å². The van der Waals surface area contributed by atoms with E-state index in [-0.39, 0.29) is 0 Å². The molecular formula is C15H18N2S. The maximum atomic E-state index is 4.37. The zero-order chi connectivity index (χ0) is 12.8. The number of aromatic nitrogens is 1. The lowest BCUT2D eigenvalue weighted by molar-refractivity contribution is 1.13. The second kappa shape index (κ2) is 6.45. The first-order chi connectivity index (χ1) is 8.79. The first kappa shape index (κ1) is 13.0. The summed E-state index contributed by atoms with van der Waals surface area (Å²) in [5.74, 6) is 1.94. The summed E-state index contributed by atoms with van der Waals surface area (Å²) < 4.78 is 0. The molecular weight excluding hydrogens is 240 g/mol. The number of hydrogen-bond acceptors (Lipinski definition) is 3. The van der Waals surface area contributed by atoms with Crippen molar-refractivity contribution < 1.29 is 0 Å². The third kappa shape index (κ3) is 3.50. The maximum absolute atomic E-state index is 4.37. The average molecular weight is 258 g/mol. The van der Waals surface area contributed by atoms with Crippen LogP contribution in [0, 0.1) is 6.92 Å². The monoisotopic (exact) mass is 258 g/mol. The number of hydrogen-bond donors (Lipinski definition) is 1. The zero-order valence-electron chi connectivity index (χ0n) is 10.8. The van der Waals surface area contributed by atoms with Gasteiger partial charge in [-0.05, 0) is 32.0 Å². The van der Waals surface area contributed by atoms with E-state index in [0.29, 0.717) is 0 Å². The van der Waals surface area contributed by atoms with Crippen molar-refractivity contribution in [3.63, 3.8) is 0 Å². The molecule has 0 saturated carbocycles. The molecule has 3 heteroatoms. The number of thioether (sulfide) groups is 1. The Morgan fingerprint density at radius 3 is 2.89 bits per heavy atom. The third-order valence-electron chi connectivity index (χ3n) is 2.62. The number of benzene rings is 1. The van der Waals surface area contributed by atoms with E-state index in [1.807, 2.05) is 24.0 Å². The lowest BCUT2D eigenvalue weighted by atomic mass is 10.2. The highest BCUT2D eigenvalue weighted by Gasteiger charge is 2.03. The molecule has 2 rings (SSSR count). The van der Waals surface area contributed by atoms with Crippen molar-refractivity contribution >= 4 is 17.6 Å². The molecule has 1 heterocycles. The summed E-state index contributed by atoms with van der Waals surface area (Å²) in [6, 6.07) is 12.7. The molecule has 0 aliphatic heterocycles. The van der Waals surface area contributed by atoms with Gasteiger partial charge in [-0.3, -0.25) is 0 Å². The Morgan fingerprint density at radius 2 is 2.11 bits per heavy atom. The number of anilines is 1. The Morgan fingerprint density at radius 1 is 1.22 bits per heavy atom. The van der Waals surface area contributed by atoms with E-state index in [2.05, 4.69) is 54.5 Å². The van der Waals surface area contributed by atoms with E-state index in [9.17, 15) is 0 Å². The van der Waals surface area contributed by atoms with Crippen LogP contribution in [0.5, 0.6) is 0 Å². The van der Waals surface area contributed by atoms with Gasteiger partial charge in [0.05, 0.1) is 0 Å². The molecule has 1 N–H and O–H groups in total. The van der Waals surface area contributed by atoms with Crippen molar-refractivity contribution in [1.82, 2.24) is 4.98 Å². The minimum absolute atomic E-state index is 0.902. The Bertz CT molecular complexity index is 511. The molecule has 0 spiro atoms. The molecule has 94 valence electrons. The van der Waals surface area contributed by atoms with Crippen LogP contribution in [0.1, 0.15) is 18.1 Å². The molecule has 1 aromatic carbocycles. The van der Waals surface area contributed by atoms with Crippen LogP contribution >= 0.6 is 11.8 Å². The summed E-state index contributed by atoms with van der Waals surface area (Å²) in [6.45, 7) is 5.11. The van der Waals surface area contributed by atoms with Gasteiger partial charge in [0.25, 0.3) is 0 Å². The molecule has 0 aliphatic rings. The standard InChI is InChI=1S/C15H18N2S/c1-3-16-15-13(7-5-9-17-15)11-18-14-8-4-6-12(2)10-14/h4-10H,3,11H2,1-2H3,(H,16,17). The summed E-state index contributed by atoms with van der Waals surface area (Å²) in [5, 5.41) is 3.30. The van der Waals surface area contributed by atoms with Crippen molar-refractivity contribution in [3.8, 4) is 0 Å². The van der Waals surface area contributed by atoms with Crippen LogP contribution in [-0.4, -0.2) is 11.5 Å². The van der Waals surface area contributed by atoms with Crippen molar-refractivity contribution in [2.45, 2.75) is 24.5 Å². The molecule has 0 unspecified atom stereocenters. The van der Waals surface area contributed by atoms with E-state index in [1.54, 1.807) is 0 Å². The Labute approximate surface area is 113 Å². The molecule has 0 aliphatic carbocycles. The van der Waals surface area contributed by atoms with E-state index in [0.717, 1.165) is 18.1 Å². The van der Waals surface area contributed by atoms with Crippen LogP contribution in [-0.2, 0) is 5.75 Å². The van der Waals surface area contributed by atoms with Crippen LogP contribution in [0.15, 0.2) is 47.5 Å². The van der Waals surface area contributed by atoms with Crippen molar-refractivity contribution in [3.05, 3.63) is 53.7 Å². The SMILES string of the molecule is CCNc1ncccc1CSc1cccc(C)c1. The zero-order valence-corrected chi connectivity index (χ0v) is 11.6. The normalized spacial score (nSPS) is 10.3. The molecule has 0 atom stereocenters. The average Bonchev–Trinajstić information content (AvgIpc) is 2.38. The highest BCUT2D eigenvalue weighted by molar-refractivity contribution is 7.98. The van der Waals surface area contributed by atoms with Crippen molar-refractivity contribution in [2.75, 3.05) is 11.9 Å². The van der Waals surface area contributed by atoms with Crippen molar-refractivity contribution in [1.29, 1.82) is 0 Å². The number of aryl methyl sites for hydroxylation is 1. The molecule has 0 saturated heterocycles. The number of nitrogens with zero attached hydrogens (tertiary/aromatic N) is 1. The first-order valence-electron chi connectivity index (χ1n) is 6.17. The maximum Gasteiger partial charge on any atom is 0.129 e. The van der Waals surface area contributed by atoms with Gasteiger partial charge >= 0.3 is 0 Å². The molecule has 2 nitrogen and oxygen atoms in total. The van der Waals surface area contributed by atoms with Crippen LogP contribution in [0.2, 0.25) is 0 Å². The summed E-state index contributed by atoms with van der Waals surface area (Å²) in [6.07, 6.45) is 1.83. The quantitative estimate of drug-likeness (QED) is 0.817. The van der Waals surface area contributed by atoms with E-state index in [1.165, 1.54) is 16.0 Å². The van der Waals surface area contributed by atoms with Gasteiger partial charge in [-0.15, -0.1) is 11.8 Å². The van der Waals surface area contributed by atoms with Gasteiger partial charge < -0.3 is 5.32 Å². The third-order valence-corrected chi connectivity index (χ3v) is 3.66. The topological polar surface area (TPSA) is 24.9 Å². The largest absolute Gasteiger partial charge is 0.370 e. The van der Waals surface area contributed by atoms with E-state index < -0.39 is 0 Å². The molecule has 2 aromatic rings. The minimum Gasteiger partial charge on any atom is -0.370 e. The van der Waals surface area contributed by atoms with Gasteiger partial charge in [0.1, 0.15) is 5.82 Å². The van der Waals surface area contributed by atoms with Gasteiger partial charge in [0, 0.05) is 29.0 Å². The summed E-state index contributed by atoms with van der Waals surface area (Å²) in [4.78, 5) is 5.68. The Kier molecular flexibility index (Phi) is 4.65. The highest BCUT2D eigenvalue weighted by atomic mass is 32.2. The lowest BCUT2D eigenvalue weighted by Gasteiger charge is -2.09. The summed E-state index contributed by atoms with van der Waals surface area (Å²) >= 11 is 1.85. The van der Waals surface area contributed by atoms with Crippen molar-refractivity contribution in [2.24, 2.45) is 0 Å². The number of pyridine rings is 1. The predicted octanol–water partition coefficient (Wildman–Crippen LogP) is 4.11. The van der Waals surface area contributed by atoms with Crippen LogP contribution in [0.4, 0.5) is 5.82 Å². The number of rotatable bonds is 5. The van der Waals surface area contributed by atoms with Crippen LogP contribution in [0.3, 0.4) is 0 Å². The number of nitrogens with one attached hydrogen (secondary N) is 1. The summed E-state index contributed by atoms with van der Waals surface area (Å²) in [5.41, 5.74) is 2.56. The second-order valence-corrected chi connectivity index (χ2v) is 5.20. The molecule has 1 aromatic heterocycles. The Hall–Kier alpha value is -1.48. The smallest absolute Gasteiger partial charge is 0.129 e. The molecule has 0 fully saturated rings. The second-order valence-electron chi connectivity index (χ2n) is 4.15. The van der Waals surface area contributed by atoms with Crippen LogP contribution < -0.4 is 5.32 Å². The fourth-order valence-corrected chi connectivity index (χ4v) is 2.75. The first-order valence-corrected chi connectivity index (χ1v) is 7.15. The van der Waals surface area contributed by atoms with Gasteiger partial charge in [-0.1, -0.05) is 23.8 Å². The van der Waals surface area contributed by atoms with Gasteiger partial charge in [0.2, 0.25) is 0 Å². The molecule has 0 radical (unpaired) electrons. The molecule has 18 heavy (non-hydrogen) atoms. The van der Waals surface area contributed by atoms with Crippen LogP contribution in [0.25, 0.3) is 0 Å². The molecule has 0 amide bonds. The van der Waals surface area contributed by atoms with E-state index in [4.69, 9.17) is 0 Å². The Balaban J connectivity index is 2.06. The fraction of sp³-hybridized carbons (Fsp3) is 0.267. The fourth-order valence-electron chi connectivity index (χ4n) is 1.75. The van der Waals surface area contributed by atoms with E-state index >= 15 is 0 Å². The lowest BCUT2D eigenvalue weighted by Crippen LogP contribution is -2.02. The summed E-state index contributed by atoms with van der Waals surface area (Å²) in [7, 11) is 0. The van der Waals surface area contributed by atoms with Gasteiger partial charge in [0.15, 0.2) is 0 Å². The minimum atomic E-state index is 0.902. The highest BCUT2D eigenvalue weighted by Crippen LogP contribution is 2.26.